The third kappa shape index (κ3) is 6.68. The Balaban J connectivity index is 2.33. The van der Waals surface area contributed by atoms with Crippen molar-refractivity contribution in [2.75, 3.05) is 39.5 Å². The molecule has 1 heterocycles. The van der Waals surface area contributed by atoms with Crippen LogP contribution in [0.4, 0.5) is 0 Å². The van der Waals surface area contributed by atoms with E-state index in [-0.39, 0.29) is 11.8 Å². The summed E-state index contributed by atoms with van der Waals surface area (Å²) < 4.78 is 26.8. The number of sulfonamides is 1. The van der Waals surface area contributed by atoms with Gasteiger partial charge in [-0.25, -0.2) is 13.1 Å². The fourth-order valence-electron chi connectivity index (χ4n) is 2.22. The van der Waals surface area contributed by atoms with E-state index in [1.807, 2.05) is 21.0 Å². The van der Waals surface area contributed by atoms with Gasteiger partial charge in [-0.05, 0) is 65.8 Å². The minimum atomic E-state index is -3.12. The standard InChI is InChI=1S/C12H27N3O2S/c1-11(6-9-15(2)3)14-18(16,17)10-12-4-7-13-8-5-12/h11-14H,4-10H2,1-3H3. The van der Waals surface area contributed by atoms with Crippen LogP contribution >= 0.6 is 0 Å². The molecule has 0 saturated carbocycles. The molecule has 1 rings (SSSR count). The number of hydrogen-bond donors (Lipinski definition) is 2. The lowest BCUT2D eigenvalue weighted by Gasteiger charge is -2.23. The zero-order valence-corrected chi connectivity index (χ0v) is 12.6. The molecule has 0 bridgehead atoms. The summed E-state index contributed by atoms with van der Waals surface area (Å²) in [4.78, 5) is 2.07. The molecule has 0 aromatic rings. The van der Waals surface area contributed by atoms with E-state index in [1.54, 1.807) is 0 Å². The number of piperidine rings is 1. The fraction of sp³-hybridized carbons (Fsp3) is 1.00. The topological polar surface area (TPSA) is 61.4 Å². The monoisotopic (exact) mass is 277 g/mol. The van der Waals surface area contributed by atoms with Crippen molar-refractivity contribution in [1.82, 2.24) is 14.9 Å². The number of nitrogens with one attached hydrogen (secondary N) is 2. The van der Waals surface area contributed by atoms with Crippen molar-refractivity contribution in [3.05, 3.63) is 0 Å². The van der Waals surface area contributed by atoms with Gasteiger partial charge in [0.1, 0.15) is 0 Å². The molecule has 1 fully saturated rings. The zero-order chi connectivity index (χ0) is 13.6. The molecule has 0 spiro atoms. The van der Waals surface area contributed by atoms with Gasteiger partial charge in [0, 0.05) is 6.04 Å². The highest BCUT2D eigenvalue weighted by molar-refractivity contribution is 7.89. The van der Waals surface area contributed by atoms with Gasteiger partial charge in [0.25, 0.3) is 0 Å². The lowest BCUT2D eigenvalue weighted by Crippen LogP contribution is -2.40. The largest absolute Gasteiger partial charge is 0.317 e. The minimum absolute atomic E-state index is 0.0131. The van der Waals surface area contributed by atoms with E-state index in [1.165, 1.54) is 0 Å². The van der Waals surface area contributed by atoms with Gasteiger partial charge in [-0.1, -0.05) is 0 Å². The molecule has 0 aliphatic carbocycles. The average molecular weight is 277 g/mol. The van der Waals surface area contributed by atoms with E-state index in [9.17, 15) is 8.42 Å². The highest BCUT2D eigenvalue weighted by Gasteiger charge is 2.22. The van der Waals surface area contributed by atoms with Crippen LogP contribution in [-0.4, -0.2) is 58.8 Å². The normalized spacial score (nSPS) is 20.2. The van der Waals surface area contributed by atoms with Gasteiger partial charge in [0.15, 0.2) is 0 Å². The third-order valence-corrected chi connectivity index (χ3v) is 4.98. The molecule has 0 aromatic heterocycles. The summed E-state index contributed by atoms with van der Waals surface area (Å²) in [6.45, 7) is 4.72. The van der Waals surface area contributed by atoms with Crippen LogP contribution in [0.3, 0.4) is 0 Å². The lowest BCUT2D eigenvalue weighted by molar-refractivity contribution is 0.376. The Morgan fingerprint density at radius 2 is 1.94 bits per heavy atom. The molecule has 1 saturated heterocycles. The smallest absolute Gasteiger partial charge is 0.212 e. The molecule has 1 aliphatic rings. The first-order valence-electron chi connectivity index (χ1n) is 6.74. The first-order valence-corrected chi connectivity index (χ1v) is 8.40. The van der Waals surface area contributed by atoms with Crippen LogP contribution in [0, 0.1) is 5.92 Å². The van der Waals surface area contributed by atoms with Crippen LogP contribution in [-0.2, 0) is 10.0 Å². The molecule has 6 heteroatoms. The number of hydrogen-bond acceptors (Lipinski definition) is 4. The van der Waals surface area contributed by atoms with Crippen molar-refractivity contribution in [3.8, 4) is 0 Å². The quantitative estimate of drug-likeness (QED) is 0.700. The Kier molecular flexibility index (Phi) is 6.55. The maximum Gasteiger partial charge on any atom is 0.212 e. The Bertz CT molecular complexity index is 324. The molecule has 1 atom stereocenters. The first kappa shape index (κ1) is 15.9. The molecular weight excluding hydrogens is 250 g/mol. The van der Waals surface area contributed by atoms with E-state index in [0.29, 0.717) is 5.92 Å². The predicted molar refractivity (Wildman–Crippen MR) is 75.1 cm³/mol. The molecule has 0 aromatic carbocycles. The molecule has 0 amide bonds. The van der Waals surface area contributed by atoms with Crippen molar-refractivity contribution in [3.63, 3.8) is 0 Å². The molecule has 108 valence electrons. The van der Waals surface area contributed by atoms with Gasteiger partial charge >= 0.3 is 0 Å². The van der Waals surface area contributed by atoms with E-state index in [4.69, 9.17) is 0 Å². The predicted octanol–water partition coefficient (Wildman–Crippen LogP) is 0.246. The van der Waals surface area contributed by atoms with Gasteiger partial charge in [-0.15, -0.1) is 0 Å². The summed E-state index contributed by atoms with van der Waals surface area (Å²) in [5, 5.41) is 3.25. The summed E-state index contributed by atoms with van der Waals surface area (Å²) in [5.41, 5.74) is 0. The average Bonchev–Trinajstić information content (AvgIpc) is 2.26. The maximum absolute atomic E-state index is 12.0. The molecule has 1 unspecified atom stereocenters. The van der Waals surface area contributed by atoms with Crippen molar-refractivity contribution in [2.45, 2.75) is 32.2 Å². The SMILES string of the molecule is CC(CCN(C)C)NS(=O)(=O)CC1CCNCC1. The second-order valence-corrected chi connectivity index (χ2v) is 7.38. The van der Waals surface area contributed by atoms with Gasteiger partial charge in [0.2, 0.25) is 10.0 Å². The number of rotatable bonds is 7. The van der Waals surface area contributed by atoms with Crippen LogP contribution in [0.2, 0.25) is 0 Å². The van der Waals surface area contributed by atoms with Crippen LogP contribution in [0.5, 0.6) is 0 Å². The lowest BCUT2D eigenvalue weighted by atomic mass is 10.0. The minimum Gasteiger partial charge on any atom is -0.317 e. The summed E-state index contributed by atoms with van der Waals surface area (Å²) in [5.74, 6) is 0.589. The maximum atomic E-state index is 12.0. The Morgan fingerprint density at radius 3 is 2.50 bits per heavy atom. The van der Waals surface area contributed by atoms with Crippen molar-refractivity contribution in [2.24, 2.45) is 5.92 Å². The summed E-state index contributed by atoms with van der Waals surface area (Å²) in [7, 11) is 0.868. The van der Waals surface area contributed by atoms with Crippen LogP contribution in [0.25, 0.3) is 0 Å². The van der Waals surface area contributed by atoms with Crippen LogP contribution < -0.4 is 10.0 Å². The second-order valence-electron chi connectivity index (χ2n) is 5.59. The Hall–Kier alpha value is -0.170. The van der Waals surface area contributed by atoms with E-state index in [2.05, 4.69) is 14.9 Å². The zero-order valence-electron chi connectivity index (χ0n) is 11.8. The Labute approximate surface area is 111 Å². The van der Waals surface area contributed by atoms with E-state index >= 15 is 0 Å². The first-order chi connectivity index (χ1) is 8.39. The highest BCUT2D eigenvalue weighted by atomic mass is 32.2. The molecular formula is C12H27N3O2S. The van der Waals surface area contributed by atoms with Crippen molar-refractivity contribution in [1.29, 1.82) is 0 Å². The van der Waals surface area contributed by atoms with Crippen molar-refractivity contribution >= 4 is 10.0 Å². The third-order valence-electron chi connectivity index (χ3n) is 3.30. The number of nitrogens with zero attached hydrogens (tertiary/aromatic N) is 1. The van der Waals surface area contributed by atoms with Gasteiger partial charge in [-0.3, -0.25) is 0 Å². The molecule has 0 radical (unpaired) electrons. The summed E-state index contributed by atoms with van der Waals surface area (Å²) in [6.07, 6.45) is 2.78. The van der Waals surface area contributed by atoms with Gasteiger partial charge in [-0.2, -0.15) is 0 Å². The van der Waals surface area contributed by atoms with Crippen LogP contribution in [0.1, 0.15) is 26.2 Å². The Morgan fingerprint density at radius 1 is 1.33 bits per heavy atom. The molecule has 18 heavy (non-hydrogen) atoms. The summed E-state index contributed by atoms with van der Waals surface area (Å²) >= 11 is 0. The van der Waals surface area contributed by atoms with Gasteiger partial charge < -0.3 is 10.2 Å². The highest BCUT2D eigenvalue weighted by Crippen LogP contribution is 2.14. The van der Waals surface area contributed by atoms with E-state index in [0.717, 1.165) is 38.9 Å². The molecule has 2 N–H and O–H groups in total. The fourth-order valence-corrected chi connectivity index (χ4v) is 4.01. The summed E-state index contributed by atoms with van der Waals surface area (Å²) in [6, 6.07) is 0.0131. The van der Waals surface area contributed by atoms with Crippen molar-refractivity contribution < 1.29 is 8.42 Å². The second kappa shape index (κ2) is 7.43. The van der Waals surface area contributed by atoms with E-state index < -0.39 is 10.0 Å². The molecule has 1 aliphatic heterocycles. The molecule has 5 nitrogen and oxygen atoms in total. The van der Waals surface area contributed by atoms with Gasteiger partial charge in [0.05, 0.1) is 5.75 Å². The van der Waals surface area contributed by atoms with Crippen LogP contribution in [0.15, 0.2) is 0 Å².